The van der Waals surface area contributed by atoms with Gasteiger partial charge < -0.3 is 15.2 Å². The van der Waals surface area contributed by atoms with Gasteiger partial charge in [-0.2, -0.15) is 0 Å². The van der Waals surface area contributed by atoms with Gasteiger partial charge in [-0.3, -0.25) is 0 Å². The standard InChI is InChI=1S/C15H17NO2S/c17-11-15(16-10-12-4-3-9-19-12)7-8-18-14-6-2-1-5-13(14)15/h1-6,9,16-17H,7-8,10-11H2/t15-/m0/s1. The summed E-state index contributed by atoms with van der Waals surface area (Å²) in [6.07, 6.45) is 0.784. The van der Waals surface area contributed by atoms with E-state index in [4.69, 9.17) is 4.74 Å². The van der Waals surface area contributed by atoms with E-state index in [1.807, 2.05) is 30.3 Å². The molecule has 0 bridgehead atoms. The number of fused-ring (bicyclic) bond motifs is 1. The molecule has 0 aliphatic carbocycles. The van der Waals surface area contributed by atoms with Crippen molar-refractivity contribution in [1.82, 2.24) is 5.32 Å². The van der Waals surface area contributed by atoms with Crippen LogP contribution < -0.4 is 10.1 Å². The maximum Gasteiger partial charge on any atom is 0.124 e. The second kappa shape index (κ2) is 5.33. The second-order valence-electron chi connectivity index (χ2n) is 4.77. The molecule has 2 heterocycles. The number of nitrogens with one attached hydrogen (secondary N) is 1. The fraction of sp³-hybridized carbons (Fsp3) is 0.333. The van der Waals surface area contributed by atoms with E-state index >= 15 is 0 Å². The van der Waals surface area contributed by atoms with Crippen molar-refractivity contribution in [2.45, 2.75) is 18.5 Å². The zero-order valence-corrected chi connectivity index (χ0v) is 11.5. The molecule has 19 heavy (non-hydrogen) atoms. The van der Waals surface area contributed by atoms with Crippen LogP contribution in [-0.4, -0.2) is 18.3 Å². The van der Waals surface area contributed by atoms with Crippen LogP contribution in [0.15, 0.2) is 41.8 Å². The Balaban J connectivity index is 1.87. The number of aliphatic hydroxyl groups is 1. The molecule has 3 nitrogen and oxygen atoms in total. The Morgan fingerprint density at radius 2 is 2.16 bits per heavy atom. The van der Waals surface area contributed by atoms with Crippen LogP contribution in [0.4, 0.5) is 0 Å². The number of para-hydroxylation sites is 1. The fourth-order valence-corrected chi connectivity index (χ4v) is 3.18. The van der Waals surface area contributed by atoms with E-state index in [0.29, 0.717) is 6.61 Å². The normalized spacial score (nSPS) is 21.7. The van der Waals surface area contributed by atoms with Crippen molar-refractivity contribution in [3.63, 3.8) is 0 Å². The molecule has 1 aliphatic heterocycles. The molecule has 0 spiro atoms. The highest BCUT2D eigenvalue weighted by Crippen LogP contribution is 2.36. The van der Waals surface area contributed by atoms with Gasteiger partial charge in [0.1, 0.15) is 5.75 Å². The van der Waals surface area contributed by atoms with E-state index in [1.54, 1.807) is 11.3 Å². The van der Waals surface area contributed by atoms with Gasteiger partial charge in [-0.05, 0) is 17.5 Å². The Kier molecular flexibility index (Phi) is 3.55. The highest BCUT2D eigenvalue weighted by atomic mass is 32.1. The molecule has 0 saturated carbocycles. The van der Waals surface area contributed by atoms with Crippen molar-refractivity contribution in [2.24, 2.45) is 0 Å². The Morgan fingerprint density at radius 3 is 2.95 bits per heavy atom. The number of rotatable bonds is 4. The number of hydrogen-bond donors (Lipinski definition) is 2. The van der Waals surface area contributed by atoms with Crippen LogP contribution in [0.3, 0.4) is 0 Å². The molecule has 2 N–H and O–H groups in total. The predicted molar refractivity (Wildman–Crippen MR) is 76.5 cm³/mol. The quantitative estimate of drug-likeness (QED) is 0.901. The van der Waals surface area contributed by atoms with Gasteiger partial charge in [0.2, 0.25) is 0 Å². The average Bonchev–Trinajstić information content (AvgIpc) is 2.98. The van der Waals surface area contributed by atoms with Crippen molar-refractivity contribution in [1.29, 1.82) is 0 Å². The highest BCUT2D eigenvalue weighted by molar-refractivity contribution is 7.09. The van der Waals surface area contributed by atoms with E-state index in [-0.39, 0.29) is 6.61 Å². The monoisotopic (exact) mass is 275 g/mol. The van der Waals surface area contributed by atoms with Gasteiger partial charge in [0.05, 0.1) is 18.8 Å². The Labute approximate surface area is 116 Å². The molecule has 4 heteroatoms. The smallest absolute Gasteiger partial charge is 0.124 e. The van der Waals surface area contributed by atoms with Crippen LogP contribution >= 0.6 is 11.3 Å². The summed E-state index contributed by atoms with van der Waals surface area (Å²) in [5, 5.41) is 15.5. The van der Waals surface area contributed by atoms with E-state index in [9.17, 15) is 5.11 Å². The first-order valence-electron chi connectivity index (χ1n) is 6.45. The number of ether oxygens (including phenoxy) is 1. The van der Waals surface area contributed by atoms with Gasteiger partial charge in [0, 0.05) is 23.4 Å². The molecule has 0 amide bonds. The van der Waals surface area contributed by atoms with Crippen molar-refractivity contribution < 1.29 is 9.84 Å². The molecule has 0 saturated heterocycles. The van der Waals surface area contributed by atoms with Crippen molar-refractivity contribution in [3.8, 4) is 5.75 Å². The van der Waals surface area contributed by atoms with E-state index in [0.717, 1.165) is 24.3 Å². The minimum atomic E-state index is -0.390. The lowest BCUT2D eigenvalue weighted by molar-refractivity contribution is 0.106. The predicted octanol–water partition coefficient (Wildman–Crippen LogP) is 2.51. The lowest BCUT2D eigenvalue weighted by Crippen LogP contribution is -2.48. The fourth-order valence-electron chi connectivity index (χ4n) is 2.53. The molecule has 0 unspecified atom stereocenters. The third-order valence-electron chi connectivity index (χ3n) is 3.64. The molecule has 3 rings (SSSR count). The lowest BCUT2D eigenvalue weighted by atomic mass is 9.85. The van der Waals surface area contributed by atoms with E-state index < -0.39 is 5.54 Å². The molecule has 1 atom stereocenters. The van der Waals surface area contributed by atoms with Crippen molar-refractivity contribution >= 4 is 11.3 Å². The van der Waals surface area contributed by atoms with Crippen molar-refractivity contribution in [2.75, 3.05) is 13.2 Å². The molecule has 0 fully saturated rings. The second-order valence-corrected chi connectivity index (χ2v) is 5.80. The molecular weight excluding hydrogens is 258 g/mol. The Bertz CT molecular complexity index is 541. The van der Waals surface area contributed by atoms with Gasteiger partial charge >= 0.3 is 0 Å². The summed E-state index contributed by atoms with van der Waals surface area (Å²) in [6, 6.07) is 12.1. The number of hydrogen-bond acceptors (Lipinski definition) is 4. The van der Waals surface area contributed by atoms with Gasteiger partial charge in [0.15, 0.2) is 0 Å². The van der Waals surface area contributed by atoms with Gasteiger partial charge in [-0.25, -0.2) is 0 Å². The summed E-state index contributed by atoms with van der Waals surface area (Å²) in [4.78, 5) is 1.27. The first-order valence-corrected chi connectivity index (χ1v) is 7.33. The maximum atomic E-state index is 9.90. The van der Waals surface area contributed by atoms with Gasteiger partial charge in [0.25, 0.3) is 0 Å². The zero-order valence-electron chi connectivity index (χ0n) is 10.6. The third-order valence-corrected chi connectivity index (χ3v) is 4.52. The zero-order chi connectivity index (χ0) is 13.1. The average molecular weight is 275 g/mol. The number of benzene rings is 1. The van der Waals surface area contributed by atoms with Gasteiger partial charge in [-0.15, -0.1) is 11.3 Å². The summed E-state index contributed by atoms with van der Waals surface area (Å²) < 4.78 is 5.67. The third kappa shape index (κ3) is 2.39. The van der Waals surface area contributed by atoms with E-state index in [1.165, 1.54) is 4.88 Å². The molecule has 1 aromatic heterocycles. The molecular formula is C15H17NO2S. The summed E-state index contributed by atoms with van der Waals surface area (Å²) in [7, 11) is 0. The van der Waals surface area contributed by atoms with Crippen LogP contribution in [0.1, 0.15) is 16.9 Å². The summed E-state index contributed by atoms with van der Waals surface area (Å²) in [5.74, 6) is 0.876. The van der Waals surface area contributed by atoms with Gasteiger partial charge in [-0.1, -0.05) is 24.3 Å². The summed E-state index contributed by atoms with van der Waals surface area (Å²) >= 11 is 1.73. The Morgan fingerprint density at radius 1 is 1.26 bits per heavy atom. The first-order chi connectivity index (χ1) is 9.34. The van der Waals surface area contributed by atoms with Crippen LogP contribution in [0.25, 0.3) is 0 Å². The molecule has 2 aromatic rings. The molecule has 1 aromatic carbocycles. The lowest BCUT2D eigenvalue weighted by Gasteiger charge is -2.38. The van der Waals surface area contributed by atoms with Crippen LogP contribution in [-0.2, 0) is 12.1 Å². The first kappa shape index (κ1) is 12.7. The van der Waals surface area contributed by atoms with E-state index in [2.05, 4.69) is 16.8 Å². The number of aliphatic hydroxyl groups excluding tert-OH is 1. The topological polar surface area (TPSA) is 41.5 Å². The maximum absolute atomic E-state index is 9.90. The highest BCUT2D eigenvalue weighted by Gasteiger charge is 2.36. The van der Waals surface area contributed by atoms with Crippen LogP contribution in [0.2, 0.25) is 0 Å². The van der Waals surface area contributed by atoms with Crippen molar-refractivity contribution in [3.05, 3.63) is 52.2 Å². The largest absolute Gasteiger partial charge is 0.493 e. The minimum Gasteiger partial charge on any atom is -0.493 e. The van der Waals surface area contributed by atoms with Crippen LogP contribution in [0, 0.1) is 0 Å². The Hall–Kier alpha value is -1.36. The number of thiophene rings is 1. The molecule has 1 aliphatic rings. The molecule has 100 valence electrons. The minimum absolute atomic E-state index is 0.0821. The summed E-state index contributed by atoms with van der Waals surface area (Å²) in [5.41, 5.74) is 0.666. The molecule has 0 radical (unpaired) electrons. The SMILES string of the molecule is OC[C@@]1(NCc2cccs2)CCOc2ccccc21. The van der Waals surface area contributed by atoms with Crippen LogP contribution in [0.5, 0.6) is 5.75 Å². The summed E-state index contributed by atoms with van der Waals surface area (Å²) in [6.45, 7) is 1.49.